The highest BCUT2D eigenvalue weighted by molar-refractivity contribution is 6.74. The summed E-state index contributed by atoms with van der Waals surface area (Å²) in [5, 5.41) is 22.8. The highest BCUT2D eigenvalue weighted by atomic mass is 28.4. The molecule has 0 unspecified atom stereocenters. The minimum absolute atomic E-state index is 0.00850. The van der Waals surface area contributed by atoms with Crippen molar-refractivity contribution in [2.24, 2.45) is 16.7 Å². The third kappa shape index (κ3) is 3.28. The quantitative estimate of drug-likeness (QED) is 0.550. The second-order valence-electron chi connectivity index (χ2n) is 11.0. The Hall–Kier alpha value is -0.163. The third-order valence-electron chi connectivity index (χ3n) is 7.85. The monoisotopic (exact) mass is 368 g/mol. The normalized spacial score (nSPS) is 38.9. The summed E-state index contributed by atoms with van der Waals surface area (Å²) >= 11 is 0. The van der Waals surface area contributed by atoms with Gasteiger partial charge in [0.15, 0.2) is 8.32 Å². The van der Waals surface area contributed by atoms with E-state index in [4.69, 9.17) is 4.43 Å². The molecule has 0 bridgehead atoms. The Balaban J connectivity index is 2.42. The number of rotatable bonds is 3. The van der Waals surface area contributed by atoms with Crippen LogP contribution < -0.4 is 0 Å². The molecule has 0 spiro atoms. The Labute approximate surface area is 156 Å². The van der Waals surface area contributed by atoms with Crippen LogP contribution in [0, 0.1) is 16.7 Å². The first-order chi connectivity index (χ1) is 11.1. The van der Waals surface area contributed by atoms with Gasteiger partial charge in [0, 0.05) is 11.3 Å². The summed E-state index contributed by atoms with van der Waals surface area (Å²) in [5.41, 5.74) is -0.497. The number of hydrogen-bond donors (Lipinski definition) is 2. The number of fused-ring (bicyclic) bond motifs is 1. The van der Waals surface area contributed by atoms with Crippen molar-refractivity contribution in [2.45, 2.75) is 97.6 Å². The predicted molar refractivity (Wildman–Crippen MR) is 107 cm³/mol. The highest BCUT2D eigenvalue weighted by Crippen LogP contribution is 2.61. The van der Waals surface area contributed by atoms with Crippen molar-refractivity contribution in [3.05, 3.63) is 11.6 Å². The molecule has 2 aliphatic rings. The SMILES string of the molecule is CC1=C[C@@H](O)[C@H]2C(C)(C)CCC[C@]2(C)[C@@]1(O)CO[Si](C)(C)C(C)(C)C. The standard InChI is InChI=1S/C21H40O3Si/c1-15-13-16(22)17-19(5,6)11-10-12-20(17,7)21(15,23)14-24-25(8,9)18(2,3)4/h13,16-17,22-23H,10-12,14H2,1-9H3/t16-,17+,20+,21-/m1/s1. The van der Waals surface area contributed by atoms with Crippen molar-refractivity contribution < 1.29 is 14.6 Å². The molecule has 25 heavy (non-hydrogen) atoms. The van der Waals surface area contributed by atoms with Crippen LogP contribution in [-0.4, -0.2) is 36.8 Å². The lowest BCUT2D eigenvalue weighted by Crippen LogP contribution is -2.65. The van der Waals surface area contributed by atoms with E-state index < -0.39 is 20.0 Å². The molecule has 1 saturated carbocycles. The van der Waals surface area contributed by atoms with Crippen molar-refractivity contribution in [3.63, 3.8) is 0 Å². The Morgan fingerprint density at radius 2 is 1.76 bits per heavy atom. The highest BCUT2D eigenvalue weighted by Gasteiger charge is 2.62. The summed E-state index contributed by atoms with van der Waals surface area (Å²) in [7, 11) is -1.96. The topological polar surface area (TPSA) is 49.7 Å². The van der Waals surface area contributed by atoms with Crippen molar-refractivity contribution in [3.8, 4) is 0 Å². The van der Waals surface area contributed by atoms with Crippen molar-refractivity contribution in [2.75, 3.05) is 6.61 Å². The summed E-state index contributed by atoms with van der Waals surface area (Å²) in [6.45, 7) is 20.1. The predicted octanol–water partition coefficient (Wildman–Crippen LogP) is 4.89. The Bertz CT molecular complexity index is 546. The molecule has 0 aliphatic heterocycles. The van der Waals surface area contributed by atoms with Gasteiger partial charge in [0.1, 0.15) is 5.60 Å². The van der Waals surface area contributed by atoms with Gasteiger partial charge in [0.2, 0.25) is 0 Å². The molecule has 3 nitrogen and oxygen atoms in total. The Kier molecular flexibility index (Phi) is 5.23. The van der Waals surface area contributed by atoms with Gasteiger partial charge in [-0.25, -0.2) is 0 Å². The minimum atomic E-state index is -1.96. The zero-order valence-electron chi connectivity index (χ0n) is 17.9. The largest absolute Gasteiger partial charge is 0.414 e. The average molecular weight is 369 g/mol. The maximum absolute atomic E-state index is 11.9. The summed E-state index contributed by atoms with van der Waals surface area (Å²) in [6, 6.07) is 0. The van der Waals surface area contributed by atoms with Crippen LogP contribution >= 0.6 is 0 Å². The molecule has 0 heterocycles. The smallest absolute Gasteiger partial charge is 0.192 e. The van der Waals surface area contributed by atoms with Crippen LogP contribution in [0.15, 0.2) is 11.6 Å². The number of hydrogen-bond acceptors (Lipinski definition) is 3. The van der Waals surface area contributed by atoms with Gasteiger partial charge in [0.05, 0.1) is 12.7 Å². The summed E-state index contributed by atoms with van der Waals surface area (Å²) < 4.78 is 6.49. The zero-order chi connectivity index (χ0) is 19.5. The molecular formula is C21H40O3Si. The second kappa shape index (κ2) is 6.18. The molecule has 0 amide bonds. The zero-order valence-corrected chi connectivity index (χ0v) is 18.9. The molecule has 2 rings (SSSR count). The van der Waals surface area contributed by atoms with E-state index in [9.17, 15) is 10.2 Å². The van der Waals surface area contributed by atoms with Crippen LogP contribution in [0.4, 0.5) is 0 Å². The van der Waals surface area contributed by atoms with Gasteiger partial charge in [-0.3, -0.25) is 0 Å². The second-order valence-corrected chi connectivity index (χ2v) is 15.8. The van der Waals surface area contributed by atoms with E-state index in [1.807, 2.05) is 13.0 Å². The Morgan fingerprint density at radius 1 is 1.20 bits per heavy atom. The lowest BCUT2D eigenvalue weighted by molar-refractivity contribution is -0.184. The first-order valence-corrected chi connectivity index (χ1v) is 12.7. The Morgan fingerprint density at radius 3 is 2.28 bits per heavy atom. The van der Waals surface area contributed by atoms with E-state index in [1.165, 1.54) is 0 Å². The molecule has 0 aromatic carbocycles. The first-order valence-electron chi connectivity index (χ1n) is 9.82. The molecule has 0 radical (unpaired) electrons. The lowest BCUT2D eigenvalue weighted by Gasteiger charge is -2.61. The fourth-order valence-corrected chi connectivity index (χ4v) is 6.11. The van der Waals surface area contributed by atoms with Crippen LogP contribution in [0.25, 0.3) is 0 Å². The van der Waals surface area contributed by atoms with E-state index >= 15 is 0 Å². The van der Waals surface area contributed by atoms with Crippen LogP contribution in [0.1, 0.15) is 67.7 Å². The molecule has 0 aromatic rings. The third-order valence-corrected chi connectivity index (χ3v) is 12.3. The van der Waals surface area contributed by atoms with Gasteiger partial charge in [-0.1, -0.05) is 54.0 Å². The lowest BCUT2D eigenvalue weighted by atomic mass is 9.46. The van der Waals surface area contributed by atoms with Gasteiger partial charge in [-0.05, 0) is 48.9 Å². The van der Waals surface area contributed by atoms with E-state index in [1.54, 1.807) is 0 Å². The number of aliphatic hydroxyl groups is 2. The van der Waals surface area contributed by atoms with E-state index in [0.29, 0.717) is 6.61 Å². The maximum atomic E-state index is 11.9. The van der Waals surface area contributed by atoms with Crippen LogP contribution in [0.2, 0.25) is 18.1 Å². The molecule has 2 aliphatic carbocycles. The van der Waals surface area contributed by atoms with Crippen molar-refractivity contribution in [1.82, 2.24) is 0 Å². The molecule has 0 aromatic heterocycles. The average Bonchev–Trinajstić information content (AvgIpc) is 2.40. The van der Waals surface area contributed by atoms with Gasteiger partial charge in [-0.15, -0.1) is 0 Å². The maximum Gasteiger partial charge on any atom is 0.192 e. The van der Waals surface area contributed by atoms with Gasteiger partial charge in [-0.2, -0.15) is 0 Å². The van der Waals surface area contributed by atoms with E-state index in [-0.39, 0.29) is 21.8 Å². The summed E-state index contributed by atoms with van der Waals surface area (Å²) in [5.74, 6) is 0.0467. The van der Waals surface area contributed by atoms with E-state index in [0.717, 1.165) is 24.8 Å². The number of aliphatic hydroxyl groups excluding tert-OH is 1. The fourth-order valence-electron chi connectivity index (χ4n) is 5.11. The van der Waals surface area contributed by atoms with Gasteiger partial charge < -0.3 is 14.6 Å². The van der Waals surface area contributed by atoms with Crippen molar-refractivity contribution in [1.29, 1.82) is 0 Å². The molecule has 4 atom stereocenters. The van der Waals surface area contributed by atoms with Crippen LogP contribution in [0.5, 0.6) is 0 Å². The molecule has 1 fully saturated rings. The van der Waals surface area contributed by atoms with Crippen LogP contribution in [-0.2, 0) is 4.43 Å². The molecule has 146 valence electrons. The first kappa shape index (κ1) is 21.1. The fraction of sp³-hybridized carbons (Fsp3) is 0.905. The van der Waals surface area contributed by atoms with Crippen molar-refractivity contribution >= 4 is 8.32 Å². The van der Waals surface area contributed by atoms with Gasteiger partial charge >= 0.3 is 0 Å². The van der Waals surface area contributed by atoms with E-state index in [2.05, 4.69) is 54.6 Å². The molecule has 0 saturated heterocycles. The molecular weight excluding hydrogens is 328 g/mol. The minimum Gasteiger partial charge on any atom is -0.414 e. The van der Waals surface area contributed by atoms with Crippen LogP contribution in [0.3, 0.4) is 0 Å². The molecule has 4 heteroatoms. The summed E-state index contributed by atoms with van der Waals surface area (Å²) in [6.07, 6.45) is 4.50. The summed E-state index contributed by atoms with van der Waals surface area (Å²) in [4.78, 5) is 0. The van der Waals surface area contributed by atoms with Gasteiger partial charge in [0.25, 0.3) is 0 Å². The molecule has 2 N–H and O–H groups in total.